The van der Waals surface area contributed by atoms with Crippen LogP contribution in [0.25, 0.3) is 6.08 Å². The van der Waals surface area contributed by atoms with Crippen LogP contribution in [0.2, 0.25) is 0 Å². The fourth-order valence-corrected chi connectivity index (χ4v) is 2.48. The van der Waals surface area contributed by atoms with Crippen LogP contribution in [0.15, 0.2) is 72.4 Å². The lowest BCUT2D eigenvalue weighted by atomic mass is 10.1. The molecule has 152 valence electrons. The molecule has 0 spiro atoms. The van der Waals surface area contributed by atoms with Gasteiger partial charge in [0, 0.05) is 5.56 Å². The molecule has 0 heterocycles. The Kier molecular flexibility index (Phi) is 6.17. The Morgan fingerprint density at radius 3 is 2.27 bits per heavy atom. The largest absolute Gasteiger partial charge is 0.477 e. The minimum absolute atomic E-state index is 0.0815. The van der Waals surface area contributed by atoms with Crippen molar-refractivity contribution in [2.45, 2.75) is 0 Å². The second-order valence-electron chi connectivity index (χ2n) is 6.05. The summed E-state index contributed by atoms with van der Waals surface area (Å²) >= 11 is 0. The van der Waals surface area contributed by atoms with Crippen molar-refractivity contribution in [2.75, 3.05) is 0 Å². The number of carboxylic acid groups (broad SMARTS) is 1. The van der Waals surface area contributed by atoms with Crippen LogP contribution < -0.4 is 10.1 Å². The molecular formula is C22H14F3NO4. The lowest BCUT2D eigenvalue weighted by Gasteiger charge is -2.09. The van der Waals surface area contributed by atoms with Crippen LogP contribution in [0.4, 0.5) is 13.2 Å². The van der Waals surface area contributed by atoms with Crippen LogP contribution in [0.3, 0.4) is 0 Å². The van der Waals surface area contributed by atoms with E-state index in [1.807, 2.05) is 0 Å². The van der Waals surface area contributed by atoms with E-state index in [0.717, 1.165) is 30.3 Å². The van der Waals surface area contributed by atoms with Gasteiger partial charge in [0.15, 0.2) is 23.1 Å². The molecule has 0 radical (unpaired) electrons. The van der Waals surface area contributed by atoms with Gasteiger partial charge in [-0.25, -0.2) is 18.0 Å². The number of hydrogen-bond acceptors (Lipinski definition) is 3. The van der Waals surface area contributed by atoms with E-state index in [2.05, 4.69) is 5.32 Å². The van der Waals surface area contributed by atoms with Gasteiger partial charge in [0.05, 0.1) is 0 Å². The number of hydrogen-bond donors (Lipinski definition) is 2. The smallest absolute Gasteiger partial charge is 0.352 e. The molecule has 0 fully saturated rings. The molecule has 8 heteroatoms. The first-order valence-electron chi connectivity index (χ1n) is 8.57. The zero-order valence-electron chi connectivity index (χ0n) is 15.2. The van der Waals surface area contributed by atoms with E-state index in [1.165, 1.54) is 42.5 Å². The molecule has 0 aliphatic rings. The third-order valence-electron chi connectivity index (χ3n) is 3.89. The van der Waals surface area contributed by atoms with Gasteiger partial charge in [-0.15, -0.1) is 0 Å². The predicted octanol–water partition coefficient (Wildman–Crippen LogP) is 4.75. The number of benzene rings is 3. The maximum atomic E-state index is 14.3. The summed E-state index contributed by atoms with van der Waals surface area (Å²) in [5, 5.41) is 11.5. The standard InChI is InChI=1S/C22H14F3NO4/c23-15-5-3-4-14(12-15)21(27)26-18(22(28)29)11-13-8-9-20(17(25)10-13)30-19-7-2-1-6-16(19)24/h1-12H,(H,26,27)(H,28,29)/b18-11-. The van der Waals surface area contributed by atoms with Gasteiger partial charge in [0.25, 0.3) is 5.91 Å². The SMILES string of the molecule is O=C(O)/C(=C/c1ccc(Oc2ccccc2F)c(F)c1)NC(=O)c1cccc(F)c1. The van der Waals surface area contributed by atoms with Gasteiger partial charge in [-0.3, -0.25) is 4.79 Å². The van der Waals surface area contributed by atoms with Gasteiger partial charge < -0.3 is 15.2 Å². The van der Waals surface area contributed by atoms with Crippen molar-refractivity contribution in [3.05, 3.63) is 101 Å². The molecule has 0 saturated carbocycles. The van der Waals surface area contributed by atoms with Crippen molar-refractivity contribution >= 4 is 18.0 Å². The van der Waals surface area contributed by atoms with Gasteiger partial charge in [0.2, 0.25) is 0 Å². The first-order valence-corrected chi connectivity index (χ1v) is 8.57. The van der Waals surface area contributed by atoms with Crippen molar-refractivity contribution in [1.29, 1.82) is 0 Å². The molecule has 3 aromatic rings. The molecule has 2 N–H and O–H groups in total. The monoisotopic (exact) mass is 413 g/mol. The highest BCUT2D eigenvalue weighted by Crippen LogP contribution is 2.27. The number of nitrogens with one attached hydrogen (secondary N) is 1. The highest BCUT2D eigenvalue weighted by atomic mass is 19.1. The number of carbonyl (C=O) groups is 2. The number of ether oxygens (including phenoxy) is 1. The Morgan fingerprint density at radius 2 is 1.60 bits per heavy atom. The van der Waals surface area contributed by atoms with E-state index in [9.17, 15) is 27.9 Å². The Bertz CT molecular complexity index is 1140. The number of amides is 1. The van der Waals surface area contributed by atoms with Crippen molar-refractivity contribution < 1.29 is 32.6 Å². The topological polar surface area (TPSA) is 75.6 Å². The maximum Gasteiger partial charge on any atom is 0.352 e. The fraction of sp³-hybridized carbons (Fsp3) is 0. The number of carbonyl (C=O) groups excluding carboxylic acids is 1. The molecule has 1 amide bonds. The van der Waals surface area contributed by atoms with Gasteiger partial charge in [-0.2, -0.15) is 0 Å². The molecule has 0 aliphatic heterocycles. The van der Waals surface area contributed by atoms with E-state index in [4.69, 9.17) is 4.74 Å². The van der Waals surface area contributed by atoms with Gasteiger partial charge >= 0.3 is 5.97 Å². The maximum absolute atomic E-state index is 14.3. The van der Waals surface area contributed by atoms with Crippen LogP contribution in [0.5, 0.6) is 11.5 Å². The first kappa shape index (κ1) is 20.7. The highest BCUT2D eigenvalue weighted by molar-refractivity contribution is 6.02. The quantitative estimate of drug-likeness (QED) is 0.572. The molecule has 3 rings (SSSR count). The summed E-state index contributed by atoms with van der Waals surface area (Å²) in [5.41, 5.74) is -0.529. The van der Waals surface area contributed by atoms with Gasteiger partial charge in [0.1, 0.15) is 11.5 Å². The fourth-order valence-electron chi connectivity index (χ4n) is 2.48. The number of rotatable bonds is 6. The van der Waals surface area contributed by atoms with E-state index in [1.54, 1.807) is 0 Å². The molecule has 0 aromatic heterocycles. The summed E-state index contributed by atoms with van der Waals surface area (Å²) in [6.45, 7) is 0. The molecule has 0 saturated heterocycles. The molecule has 0 atom stereocenters. The zero-order chi connectivity index (χ0) is 21.7. The lowest BCUT2D eigenvalue weighted by molar-refractivity contribution is -0.132. The molecule has 0 bridgehead atoms. The van der Waals surface area contributed by atoms with Crippen LogP contribution in [-0.4, -0.2) is 17.0 Å². The lowest BCUT2D eigenvalue weighted by Crippen LogP contribution is -2.27. The summed E-state index contributed by atoms with van der Waals surface area (Å²) in [6.07, 6.45) is 1.02. The summed E-state index contributed by atoms with van der Waals surface area (Å²) in [6, 6.07) is 13.7. The third kappa shape index (κ3) is 5.05. The first-order chi connectivity index (χ1) is 14.3. The Balaban J connectivity index is 1.82. The van der Waals surface area contributed by atoms with E-state index in [-0.39, 0.29) is 22.6 Å². The number of aliphatic carboxylic acids is 1. The Hall–Kier alpha value is -4.07. The average Bonchev–Trinajstić information content (AvgIpc) is 2.71. The van der Waals surface area contributed by atoms with Crippen LogP contribution >= 0.6 is 0 Å². The van der Waals surface area contributed by atoms with Crippen LogP contribution in [-0.2, 0) is 4.79 Å². The van der Waals surface area contributed by atoms with Crippen LogP contribution in [0.1, 0.15) is 15.9 Å². The van der Waals surface area contributed by atoms with Crippen molar-refractivity contribution in [1.82, 2.24) is 5.32 Å². The van der Waals surface area contributed by atoms with E-state index in [0.29, 0.717) is 0 Å². The second-order valence-corrected chi connectivity index (χ2v) is 6.05. The second kappa shape index (κ2) is 8.95. The highest BCUT2D eigenvalue weighted by Gasteiger charge is 2.15. The van der Waals surface area contributed by atoms with Gasteiger partial charge in [-0.05, 0) is 54.1 Å². The Morgan fingerprint density at radius 1 is 0.867 bits per heavy atom. The third-order valence-corrected chi connectivity index (χ3v) is 3.89. The zero-order valence-corrected chi connectivity index (χ0v) is 15.2. The summed E-state index contributed by atoms with van der Waals surface area (Å²) < 4.78 is 46.4. The molecule has 30 heavy (non-hydrogen) atoms. The van der Waals surface area contributed by atoms with Gasteiger partial charge in [-0.1, -0.05) is 24.3 Å². The Labute approximate surface area is 169 Å². The number of para-hydroxylation sites is 1. The van der Waals surface area contributed by atoms with Crippen molar-refractivity contribution in [3.63, 3.8) is 0 Å². The summed E-state index contributed by atoms with van der Waals surface area (Å²) in [7, 11) is 0. The molecule has 0 unspecified atom stereocenters. The molecular weight excluding hydrogens is 399 g/mol. The number of carboxylic acids is 1. The van der Waals surface area contributed by atoms with E-state index < -0.39 is 35.0 Å². The predicted molar refractivity (Wildman–Crippen MR) is 102 cm³/mol. The van der Waals surface area contributed by atoms with Crippen molar-refractivity contribution in [3.8, 4) is 11.5 Å². The molecule has 5 nitrogen and oxygen atoms in total. The molecule has 0 aliphatic carbocycles. The molecule has 3 aromatic carbocycles. The number of halogens is 3. The van der Waals surface area contributed by atoms with Crippen molar-refractivity contribution in [2.24, 2.45) is 0 Å². The average molecular weight is 413 g/mol. The normalized spacial score (nSPS) is 11.1. The minimum atomic E-state index is -1.48. The minimum Gasteiger partial charge on any atom is -0.477 e. The summed E-state index contributed by atoms with van der Waals surface area (Å²) in [4.78, 5) is 23.6. The van der Waals surface area contributed by atoms with E-state index >= 15 is 0 Å². The van der Waals surface area contributed by atoms with Crippen LogP contribution in [0, 0.1) is 17.5 Å². The summed E-state index contributed by atoms with van der Waals surface area (Å²) in [5.74, 6) is -4.96.